The second kappa shape index (κ2) is 8.72. The van der Waals surface area contributed by atoms with Gasteiger partial charge in [-0.1, -0.05) is 74.0 Å². The first kappa shape index (κ1) is 19.0. The van der Waals surface area contributed by atoms with Crippen molar-refractivity contribution in [1.29, 1.82) is 0 Å². The Morgan fingerprint density at radius 1 is 0.963 bits per heavy atom. The van der Waals surface area contributed by atoms with Crippen molar-refractivity contribution in [2.24, 2.45) is 5.73 Å². The van der Waals surface area contributed by atoms with Gasteiger partial charge in [-0.3, -0.25) is 4.79 Å². The topological polar surface area (TPSA) is 48.0 Å². The van der Waals surface area contributed by atoms with E-state index in [0.717, 1.165) is 49.0 Å². The van der Waals surface area contributed by atoms with Crippen LogP contribution in [0.15, 0.2) is 60.7 Å². The Morgan fingerprint density at radius 2 is 1.59 bits per heavy atom. The third-order valence-corrected chi connectivity index (χ3v) is 5.17. The molecule has 3 aromatic rings. The standard InChI is InChI=1S/C24H28N2O/c1-3-4-15-21-23(20-13-9-6-10-14-20)22(24(25)27)18(2)26(21)17-16-19-11-7-5-8-12-19/h5-14H,3-4,15-17H2,1-2H3,(H2,25,27). The fraction of sp³-hybridized carbons (Fsp3) is 0.292. The van der Waals surface area contributed by atoms with E-state index in [1.54, 1.807) is 0 Å². The van der Waals surface area contributed by atoms with Gasteiger partial charge in [-0.05, 0) is 37.3 Å². The van der Waals surface area contributed by atoms with Crippen molar-refractivity contribution < 1.29 is 4.79 Å². The van der Waals surface area contributed by atoms with E-state index in [1.807, 2.05) is 31.2 Å². The molecule has 0 fully saturated rings. The molecule has 140 valence electrons. The molecule has 2 aromatic carbocycles. The van der Waals surface area contributed by atoms with Crippen LogP contribution < -0.4 is 5.73 Å². The Labute approximate surface area is 161 Å². The Balaban J connectivity index is 2.09. The van der Waals surface area contributed by atoms with Crippen LogP contribution in [0, 0.1) is 6.92 Å². The van der Waals surface area contributed by atoms with Gasteiger partial charge in [0.2, 0.25) is 0 Å². The molecule has 0 saturated heterocycles. The lowest BCUT2D eigenvalue weighted by Crippen LogP contribution is -2.13. The molecule has 0 atom stereocenters. The van der Waals surface area contributed by atoms with Gasteiger partial charge in [0.15, 0.2) is 0 Å². The quantitative estimate of drug-likeness (QED) is 0.593. The zero-order valence-electron chi connectivity index (χ0n) is 16.2. The van der Waals surface area contributed by atoms with Crippen molar-refractivity contribution in [3.63, 3.8) is 0 Å². The number of hydrogen-bond donors (Lipinski definition) is 1. The van der Waals surface area contributed by atoms with Crippen LogP contribution in [0.2, 0.25) is 0 Å². The highest BCUT2D eigenvalue weighted by Crippen LogP contribution is 2.34. The number of nitrogens with zero attached hydrogens (tertiary/aromatic N) is 1. The van der Waals surface area contributed by atoms with Gasteiger partial charge in [-0.25, -0.2) is 0 Å². The van der Waals surface area contributed by atoms with Gasteiger partial charge >= 0.3 is 0 Å². The number of hydrogen-bond acceptors (Lipinski definition) is 1. The molecule has 1 aromatic heterocycles. The largest absolute Gasteiger partial charge is 0.366 e. The van der Waals surface area contributed by atoms with Crippen molar-refractivity contribution in [2.45, 2.75) is 46.1 Å². The highest BCUT2D eigenvalue weighted by Gasteiger charge is 2.24. The van der Waals surface area contributed by atoms with Crippen molar-refractivity contribution >= 4 is 5.91 Å². The molecule has 0 aliphatic rings. The zero-order valence-corrected chi connectivity index (χ0v) is 16.2. The van der Waals surface area contributed by atoms with Crippen molar-refractivity contribution in [1.82, 2.24) is 4.57 Å². The smallest absolute Gasteiger partial charge is 0.251 e. The van der Waals surface area contributed by atoms with Gasteiger partial charge in [0.25, 0.3) is 5.91 Å². The number of aryl methyl sites for hydroxylation is 1. The van der Waals surface area contributed by atoms with E-state index in [2.05, 4.69) is 47.9 Å². The maximum absolute atomic E-state index is 12.3. The number of carbonyl (C=O) groups excluding carboxylic acids is 1. The molecular formula is C24H28N2O. The summed E-state index contributed by atoms with van der Waals surface area (Å²) in [5.74, 6) is -0.345. The molecule has 0 aliphatic heterocycles. The summed E-state index contributed by atoms with van der Waals surface area (Å²) in [6.45, 7) is 5.07. The second-order valence-corrected chi connectivity index (χ2v) is 7.00. The third-order valence-electron chi connectivity index (χ3n) is 5.17. The molecule has 0 aliphatic carbocycles. The lowest BCUT2D eigenvalue weighted by molar-refractivity contribution is 0.1000. The van der Waals surface area contributed by atoms with Gasteiger partial charge in [-0.15, -0.1) is 0 Å². The van der Waals surface area contributed by atoms with Crippen molar-refractivity contribution in [3.05, 3.63) is 83.2 Å². The number of benzene rings is 2. The van der Waals surface area contributed by atoms with Crippen LogP contribution in [-0.2, 0) is 19.4 Å². The predicted octanol–water partition coefficient (Wildman–Crippen LogP) is 5.15. The Kier molecular flexibility index (Phi) is 6.12. The average molecular weight is 361 g/mol. The van der Waals surface area contributed by atoms with Gasteiger partial charge in [0.05, 0.1) is 5.56 Å². The van der Waals surface area contributed by atoms with E-state index in [9.17, 15) is 4.79 Å². The van der Waals surface area contributed by atoms with E-state index >= 15 is 0 Å². The van der Waals surface area contributed by atoms with Crippen LogP contribution in [0.5, 0.6) is 0 Å². The summed E-state index contributed by atoms with van der Waals surface area (Å²) in [7, 11) is 0. The number of amides is 1. The molecule has 2 N–H and O–H groups in total. The molecule has 1 amide bonds. The summed E-state index contributed by atoms with van der Waals surface area (Å²) in [4.78, 5) is 12.3. The minimum absolute atomic E-state index is 0.345. The second-order valence-electron chi connectivity index (χ2n) is 7.00. The van der Waals surface area contributed by atoms with E-state index < -0.39 is 0 Å². The van der Waals surface area contributed by atoms with Crippen molar-refractivity contribution in [3.8, 4) is 11.1 Å². The van der Waals surface area contributed by atoms with E-state index in [1.165, 1.54) is 11.3 Å². The first-order valence-electron chi connectivity index (χ1n) is 9.74. The molecule has 0 radical (unpaired) electrons. The zero-order chi connectivity index (χ0) is 19.2. The lowest BCUT2D eigenvalue weighted by Gasteiger charge is -2.13. The average Bonchev–Trinajstić information content (AvgIpc) is 2.97. The molecule has 27 heavy (non-hydrogen) atoms. The maximum atomic E-state index is 12.3. The van der Waals surface area contributed by atoms with E-state index in [0.29, 0.717) is 5.56 Å². The molecule has 3 rings (SSSR count). The Hall–Kier alpha value is -2.81. The normalized spacial score (nSPS) is 10.9. The summed E-state index contributed by atoms with van der Waals surface area (Å²) >= 11 is 0. The lowest BCUT2D eigenvalue weighted by atomic mass is 9.97. The molecule has 0 unspecified atom stereocenters. The van der Waals surface area contributed by atoms with Crippen LogP contribution in [0.25, 0.3) is 11.1 Å². The van der Waals surface area contributed by atoms with Gasteiger partial charge in [0.1, 0.15) is 0 Å². The van der Waals surface area contributed by atoms with Gasteiger partial charge in [-0.2, -0.15) is 0 Å². The van der Waals surface area contributed by atoms with Gasteiger partial charge in [0, 0.05) is 23.5 Å². The molecule has 0 saturated carbocycles. The molecule has 3 heteroatoms. The first-order chi connectivity index (χ1) is 13.1. The Bertz CT molecular complexity index is 895. The molecular weight excluding hydrogens is 332 g/mol. The number of primary amides is 1. The Morgan fingerprint density at radius 3 is 2.19 bits per heavy atom. The SMILES string of the molecule is CCCCc1c(-c2ccccc2)c(C(N)=O)c(C)n1CCc1ccccc1. The third kappa shape index (κ3) is 4.13. The number of nitrogens with two attached hydrogens (primary N) is 1. The van der Waals surface area contributed by atoms with Crippen LogP contribution >= 0.6 is 0 Å². The summed E-state index contributed by atoms with van der Waals surface area (Å²) in [5.41, 5.74) is 12.1. The van der Waals surface area contributed by atoms with Crippen LogP contribution in [0.1, 0.15) is 47.1 Å². The number of rotatable bonds is 8. The first-order valence-corrected chi connectivity index (χ1v) is 9.74. The monoisotopic (exact) mass is 360 g/mol. The number of aromatic nitrogens is 1. The predicted molar refractivity (Wildman–Crippen MR) is 112 cm³/mol. The molecule has 0 bridgehead atoms. The number of carbonyl (C=O) groups is 1. The molecule has 3 nitrogen and oxygen atoms in total. The fourth-order valence-corrected chi connectivity index (χ4v) is 3.81. The highest BCUT2D eigenvalue weighted by atomic mass is 16.1. The van der Waals surface area contributed by atoms with E-state index in [4.69, 9.17) is 5.73 Å². The minimum Gasteiger partial charge on any atom is -0.366 e. The summed E-state index contributed by atoms with van der Waals surface area (Å²) in [6, 6.07) is 20.6. The maximum Gasteiger partial charge on any atom is 0.251 e. The van der Waals surface area contributed by atoms with Crippen molar-refractivity contribution in [2.75, 3.05) is 0 Å². The minimum atomic E-state index is -0.345. The fourth-order valence-electron chi connectivity index (χ4n) is 3.81. The van der Waals surface area contributed by atoms with Crippen LogP contribution in [0.4, 0.5) is 0 Å². The molecule has 0 spiro atoms. The number of unbranched alkanes of at least 4 members (excludes halogenated alkanes) is 1. The highest BCUT2D eigenvalue weighted by molar-refractivity contribution is 6.02. The summed E-state index contributed by atoms with van der Waals surface area (Å²) in [6.07, 6.45) is 4.08. The summed E-state index contributed by atoms with van der Waals surface area (Å²) in [5, 5.41) is 0. The van der Waals surface area contributed by atoms with Crippen LogP contribution in [-0.4, -0.2) is 10.5 Å². The van der Waals surface area contributed by atoms with Gasteiger partial charge < -0.3 is 10.3 Å². The summed E-state index contributed by atoms with van der Waals surface area (Å²) < 4.78 is 2.31. The van der Waals surface area contributed by atoms with Crippen LogP contribution in [0.3, 0.4) is 0 Å². The van der Waals surface area contributed by atoms with E-state index in [-0.39, 0.29) is 5.91 Å². The molecule has 1 heterocycles.